The molecule has 2 atom stereocenters. The van der Waals surface area contributed by atoms with E-state index in [0.29, 0.717) is 12.5 Å². The Balaban J connectivity index is 2.36. The van der Waals surface area contributed by atoms with Crippen molar-refractivity contribution in [2.75, 3.05) is 11.4 Å². The molecule has 2 heterocycles. The maximum Gasteiger partial charge on any atom is 0.451 e. The fourth-order valence-corrected chi connectivity index (χ4v) is 2.47. The number of alkyl halides is 3. The highest BCUT2D eigenvalue weighted by Gasteiger charge is 2.36. The third-order valence-electron chi connectivity index (χ3n) is 3.35. The molecule has 106 valence electrons. The van der Waals surface area contributed by atoms with E-state index in [1.54, 1.807) is 0 Å². The van der Waals surface area contributed by atoms with Crippen LogP contribution in [0.5, 0.6) is 0 Å². The van der Waals surface area contributed by atoms with E-state index in [1.165, 1.54) is 6.07 Å². The van der Waals surface area contributed by atoms with Crippen LogP contribution in [0.15, 0.2) is 6.07 Å². The molecule has 1 aliphatic rings. The van der Waals surface area contributed by atoms with Crippen LogP contribution in [0.3, 0.4) is 0 Å². The molecule has 3 nitrogen and oxygen atoms in total. The fourth-order valence-electron chi connectivity index (χ4n) is 2.29. The highest BCUT2D eigenvalue weighted by atomic mass is 35.5. The Hall–Kier alpha value is -1.04. The van der Waals surface area contributed by atoms with Crippen molar-refractivity contribution in [2.45, 2.75) is 38.9 Å². The maximum absolute atomic E-state index is 12.7. The normalized spacial score (nSPS) is 24.6. The van der Waals surface area contributed by atoms with Gasteiger partial charge in [-0.1, -0.05) is 18.5 Å². The summed E-state index contributed by atoms with van der Waals surface area (Å²) in [5.41, 5.74) is 0. The zero-order valence-electron chi connectivity index (χ0n) is 10.7. The molecule has 19 heavy (non-hydrogen) atoms. The van der Waals surface area contributed by atoms with Crippen LogP contribution in [-0.2, 0) is 6.18 Å². The number of piperidine rings is 1. The molecule has 1 aromatic heterocycles. The summed E-state index contributed by atoms with van der Waals surface area (Å²) in [6, 6.07) is 1.55. The third kappa shape index (κ3) is 3.29. The van der Waals surface area contributed by atoms with Crippen molar-refractivity contribution in [2.24, 2.45) is 5.92 Å². The number of hydrogen-bond acceptors (Lipinski definition) is 3. The fraction of sp³-hybridized carbons (Fsp3) is 0.667. The lowest BCUT2D eigenvalue weighted by Crippen LogP contribution is -2.41. The van der Waals surface area contributed by atoms with Gasteiger partial charge in [0.25, 0.3) is 0 Å². The molecule has 1 aliphatic heterocycles. The summed E-state index contributed by atoms with van der Waals surface area (Å²) >= 11 is 5.68. The van der Waals surface area contributed by atoms with E-state index < -0.39 is 12.0 Å². The predicted octanol–water partition coefficient (Wildman–Crippen LogP) is 3.77. The van der Waals surface area contributed by atoms with Crippen molar-refractivity contribution >= 4 is 17.4 Å². The minimum absolute atomic E-state index is 0.156. The highest BCUT2D eigenvalue weighted by Crippen LogP contribution is 2.32. The topological polar surface area (TPSA) is 29.0 Å². The Morgan fingerprint density at radius 3 is 2.58 bits per heavy atom. The van der Waals surface area contributed by atoms with Gasteiger partial charge < -0.3 is 4.90 Å². The van der Waals surface area contributed by atoms with Crippen LogP contribution in [-0.4, -0.2) is 22.6 Å². The van der Waals surface area contributed by atoms with E-state index >= 15 is 0 Å². The van der Waals surface area contributed by atoms with Gasteiger partial charge in [0.15, 0.2) is 0 Å². The molecule has 2 unspecified atom stereocenters. The average Bonchev–Trinajstić information content (AvgIpc) is 2.30. The smallest absolute Gasteiger partial charge is 0.353 e. The summed E-state index contributed by atoms with van der Waals surface area (Å²) in [6.07, 6.45) is -2.57. The standard InChI is InChI=1S/C12H15ClF3N3/c1-7-3-4-8(2)19(6-7)10-5-9(13)17-11(18-10)12(14,15)16/h5,7-8H,3-4,6H2,1-2H3. The monoisotopic (exact) mass is 293 g/mol. The quantitative estimate of drug-likeness (QED) is 0.738. The van der Waals surface area contributed by atoms with Crippen LogP contribution in [0.4, 0.5) is 19.0 Å². The first-order chi connectivity index (χ1) is 8.77. The molecule has 0 bridgehead atoms. The molecule has 1 fully saturated rings. The van der Waals surface area contributed by atoms with E-state index in [1.807, 2.05) is 11.8 Å². The summed E-state index contributed by atoms with van der Waals surface area (Å²) in [5.74, 6) is -0.494. The molecular formula is C12H15ClF3N3. The van der Waals surface area contributed by atoms with E-state index in [9.17, 15) is 13.2 Å². The van der Waals surface area contributed by atoms with Crippen LogP contribution in [0.25, 0.3) is 0 Å². The zero-order chi connectivity index (χ0) is 14.2. The van der Waals surface area contributed by atoms with E-state index in [4.69, 9.17) is 11.6 Å². The van der Waals surface area contributed by atoms with Crippen molar-refractivity contribution in [3.05, 3.63) is 17.0 Å². The van der Waals surface area contributed by atoms with E-state index in [0.717, 1.165) is 12.8 Å². The molecule has 0 saturated carbocycles. The van der Waals surface area contributed by atoms with Crippen molar-refractivity contribution < 1.29 is 13.2 Å². The molecule has 0 aromatic carbocycles. The van der Waals surface area contributed by atoms with Gasteiger partial charge in [0, 0.05) is 18.7 Å². The number of aromatic nitrogens is 2. The Bertz CT molecular complexity index is 464. The lowest BCUT2D eigenvalue weighted by atomic mass is 9.95. The van der Waals surface area contributed by atoms with Gasteiger partial charge in [-0.05, 0) is 25.7 Å². The minimum atomic E-state index is -4.58. The molecular weight excluding hydrogens is 279 g/mol. The largest absolute Gasteiger partial charge is 0.451 e. The summed E-state index contributed by atoms with van der Waals surface area (Å²) in [5, 5.41) is -0.178. The molecule has 0 radical (unpaired) electrons. The Labute approximate surface area is 114 Å². The molecule has 0 aliphatic carbocycles. The third-order valence-corrected chi connectivity index (χ3v) is 3.54. The zero-order valence-corrected chi connectivity index (χ0v) is 11.5. The van der Waals surface area contributed by atoms with Gasteiger partial charge >= 0.3 is 6.18 Å². The lowest BCUT2D eigenvalue weighted by Gasteiger charge is -2.37. The van der Waals surface area contributed by atoms with Crippen LogP contribution in [0.2, 0.25) is 5.15 Å². The first-order valence-electron chi connectivity index (χ1n) is 6.16. The van der Waals surface area contributed by atoms with Gasteiger partial charge in [0.05, 0.1) is 0 Å². The SMILES string of the molecule is CC1CCC(C)N(c2cc(Cl)nc(C(F)(F)F)n2)C1. The molecule has 1 saturated heterocycles. The number of halogens is 4. The van der Waals surface area contributed by atoms with Gasteiger partial charge in [0.1, 0.15) is 11.0 Å². The van der Waals surface area contributed by atoms with Crippen molar-refractivity contribution in [1.82, 2.24) is 9.97 Å². The average molecular weight is 294 g/mol. The lowest BCUT2D eigenvalue weighted by molar-refractivity contribution is -0.144. The Morgan fingerprint density at radius 2 is 1.95 bits per heavy atom. The summed E-state index contributed by atoms with van der Waals surface area (Å²) in [4.78, 5) is 8.74. The minimum Gasteiger partial charge on any atom is -0.353 e. The van der Waals surface area contributed by atoms with Crippen molar-refractivity contribution in [3.8, 4) is 0 Å². The first-order valence-corrected chi connectivity index (χ1v) is 6.53. The van der Waals surface area contributed by atoms with Crippen LogP contribution >= 0.6 is 11.6 Å². The van der Waals surface area contributed by atoms with Gasteiger partial charge in [-0.25, -0.2) is 9.97 Å². The van der Waals surface area contributed by atoms with Gasteiger partial charge in [0.2, 0.25) is 5.82 Å². The van der Waals surface area contributed by atoms with Gasteiger partial charge in [-0.15, -0.1) is 0 Å². The highest BCUT2D eigenvalue weighted by molar-refractivity contribution is 6.29. The van der Waals surface area contributed by atoms with Crippen LogP contribution < -0.4 is 4.90 Å². The molecule has 0 spiro atoms. The second kappa shape index (κ2) is 5.15. The predicted molar refractivity (Wildman–Crippen MR) is 67.3 cm³/mol. The number of hydrogen-bond donors (Lipinski definition) is 0. The summed E-state index contributed by atoms with van der Waals surface area (Å²) < 4.78 is 38.1. The molecule has 0 amide bonds. The Morgan fingerprint density at radius 1 is 1.26 bits per heavy atom. The number of rotatable bonds is 1. The maximum atomic E-state index is 12.7. The molecule has 2 rings (SSSR count). The Kier molecular flexibility index (Phi) is 3.90. The molecule has 7 heteroatoms. The van der Waals surface area contributed by atoms with E-state index in [2.05, 4.69) is 16.9 Å². The van der Waals surface area contributed by atoms with Crippen LogP contribution in [0.1, 0.15) is 32.5 Å². The number of nitrogens with zero attached hydrogens (tertiary/aromatic N) is 3. The summed E-state index contributed by atoms with van der Waals surface area (Å²) in [6.45, 7) is 4.74. The van der Waals surface area contributed by atoms with E-state index in [-0.39, 0.29) is 17.0 Å². The first kappa shape index (κ1) is 14.4. The molecule has 1 aromatic rings. The van der Waals surface area contributed by atoms with Crippen molar-refractivity contribution in [3.63, 3.8) is 0 Å². The van der Waals surface area contributed by atoms with Gasteiger partial charge in [-0.3, -0.25) is 0 Å². The van der Waals surface area contributed by atoms with Gasteiger partial charge in [-0.2, -0.15) is 13.2 Å². The van der Waals surface area contributed by atoms with Crippen LogP contribution in [0, 0.1) is 5.92 Å². The van der Waals surface area contributed by atoms with Crippen molar-refractivity contribution in [1.29, 1.82) is 0 Å². The number of anilines is 1. The molecule has 0 N–H and O–H groups in total. The second-order valence-corrected chi connectivity index (χ2v) is 5.44. The second-order valence-electron chi connectivity index (χ2n) is 5.05. The summed E-state index contributed by atoms with van der Waals surface area (Å²) in [7, 11) is 0.